The van der Waals surface area contributed by atoms with Crippen LogP contribution in [0.4, 0.5) is 21.0 Å². The Labute approximate surface area is 327 Å². The van der Waals surface area contributed by atoms with Crippen molar-refractivity contribution in [2.45, 2.75) is 109 Å². The summed E-state index contributed by atoms with van der Waals surface area (Å²) in [7, 11) is 0. The number of hydrogen-bond acceptors (Lipinski definition) is 8. The topological polar surface area (TPSA) is 205 Å². The van der Waals surface area contributed by atoms with Crippen molar-refractivity contribution in [1.82, 2.24) is 16.0 Å². The first-order valence-electron chi connectivity index (χ1n) is 18.8. The molecule has 0 aromatic heterocycles. The van der Waals surface area contributed by atoms with Crippen molar-refractivity contribution in [2.24, 2.45) is 0 Å². The number of amides is 5. The smallest absolute Gasteiger partial charge is 0.412 e. The molecular weight excluding hydrogens is 718 g/mol. The third-order valence-corrected chi connectivity index (χ3v) is 8.99. The summed E-state index contributed by atoms with van der Waals surface area (Å²) < 4.78 is 10.8. The molecule has 300 valence electrons. The fourth-order valence-corrected chi connectivity index (χ4v) is 5.91. The summed E-state index contributed by atoms with van der Waals surface area (Å²) in [5.74, 6) is -1.88. The van der Waals surface area contributed by atoms with Gasteiger partial charge in [-0.3, -0.25) is 29.8 Å². The first-order valence-corrected chi connectivity index (χ1v) is 18.8. The Bertz CT molecular complexity index is 1820. The molecule has 0 saturated carbocycles. The summed E-state index contributed by atoms with van der Waals surface area (Å²) in [6.07, 6.45) is 0.962. The second-order valence-corrected chi connectivity index (χ2v) is 15.1. The summed E-state index contributed by atoms with van der Waals surface area (Å²) >= 11 is 0. The molecule has 4 atom stereocenters. The van der Waals surface area contributed by atoms with E-state index in [1.807, 2.05) is 37.3 Å². The summed E-state index contributed by atoms with van der Waals surface area (Å²) in [4.78, 5) is 78.6. The van der Waals surface area contributed by atoms with E-state index in [4.69, 9.17) is 14.6 Å². The SMILES string of the molecule is CCCCCC(=O)NC(Cc1ccc(NC(=O)O)cc1)C(=O)NC(Cc1ccc(NC(=O)OC(C)(C)C)cc1)C(=O)NC(Cc1ccccc1)C(=O)[C@@]1(C)CO1. The van der Waals surface area contributed by atoms with Crippen molar-refractivity contribution in [3.05, 3.63) is 95.6 Å². The van der Waals surface area contributed by atoms with Crippen LogP contribution >= 0.6 is 0 Å². The molecule has 0 spiro atoms. The maximum Gasteiger partial charge on any atom is 0.412 e. The molecule has 4 rings (SSSR count). The lowest BCUT2D eigenvalue weighted by atomic mass is 9.94. The molecule has 1 saturated heterocycles. The Kier molecular flexibility index (Phi) is 15.1. The number of ether oxygens (including phenoxy) is 2. The van der Waals surface area contributed by atoms with Crippen LogP contribution in [0.15, 0.2) is 78.9 Å². The van der Waals surface area contributed by atoms with Crippen LogP contribution in [0.25, 0.3) is 0 Å². The summed E-state index contributed by atoms with van der Waals surface area (Å²) in [6.45, 7) is 9.17. The molecule has 0 radical (unpaired) electrons. The van der Waals surface area contributed by atoms with Gasteiger partial charge in [-0.1, -0.05) is 74.4 Å². The van der Waals surface area contributed by atoms with Crippen molar-refractivity contribution >= 4 is 47.1 Å². The average molecular weight is 772 g/mol. The van der Waals surface area contributed by atoms with Crippen LogP contribution in [0.3, 0.4) is 0 Å². The number of hydrogen-bond donors (Lipinski definition) is 6. The zero-order valence-electron chi connectivity index (χ0n) is 32.6. The van der Waals surface area contributed by atoms with Crippen LogP contribution in [0, 0.1) is 0 Å². The van der Waals surface area contributed by atoms with Gasteiger partial charge in [-0.15, -0.1) is 0 Å². The van der Waals surface area contributed by atoms with E-state index < -0.39 is 53.3 Å². The third kappa shape index (κ3) is 14.1. The van der Waals surface area contributed by atoms with Gasteiger partial charge in [-0.25, -0.2) is 9.59 Å². The number of Topliss-reactive ketones (excluding diaryl/α,β-unsaturated/α-hetero) is 1. The Morgan fingerprint density at radius 2 is 1.20 bits per heavy atom. The van der Waals surface area contributed by atoms with Crippen LogP contribution in [-0.2, 0) is 47.9 Å². The largest absolute Gasteiger partial charge is 0.465 e. The Morgan fingerprint density at radius 3 is 1.70 bits per heavy atom. The number of anilines is 2. The molecule has 3 aromatic rings. The zero-order valence-corrected chi connectivity index (χ0v) is 32.6. The van der Waals surface area contributed by atoms with Crippen molar-refractivity contribution < 1.29 is 43.3 Å². The summed E-state index contributed by atoms with van der Waals surface area (Å²) in [5.41, 5.74) is 1.14. The lowest BCUT2D eigenvalue weighted by Crippen LogP contribution is -2.58. The number of carbonyl (C=O) groups is 6. The molecule has 6 N–H and O–H groups in total. The minimum absolute atomic E-state index is 0.00295. The molecule has 1 aliphatic heterocycles. The predicted octanol–water partition coefficient (Wildman–Crippen LogP) is 5.54. The van der Waals surface area contributed by atoms with Gasteiger partial charge in [0.1, 0.15) is 23.3 Å². The highest BCUT2D eigenvalue weighted by Crippen LogP contribution is 2.29. The van der Waals surface area contributed by atoms with Gasteiger partial charge in [0.15, 0.2) is 5.78 Å². The molecule has 0 aliphatic carbocycles. The minimum atomic E-state index is -1.22. The summed E-state index contributed by atoms with van der Waals surface area (Å²) in [5, 5.41) is 22.6. The van der Waals surface area contributed by atoms with Crippen molar-refractivity contribution in [1.29, 1.82) is 0 Å². The molecule has 0 bridgehead atoms. The number of carboxylic acid groups (broad SMARTS) is 1. The van der Waals surface area contributed by atoms with Crippen molar-refractivity contribution in [3.8, 4) is 0 Å². The van der Waals surface area contributed by atoms with Gasteiger partial charge >= 0.3 is 12.2 Å². The van der Waals surface area contributed by atoms with E-state index in [0.717, 1.165) is 18.4 Å². The highest BCUT2D eigenvalue weighted by atomic mass is 16.6. The van der Waals surface area contributed by atoms with E-state index in [0.29, 0.717) is 28.9 Å². The van der Waals surface area contributed by atoms with Gasteiger partial charge in [-0.2, -0.15) is 0 Å². The second kappa shape index (κ2) is 19.7. The number of benzene rings is 3. The normalized spacial score (nSPS) is 16.3. The van der Waals surface area contributed by atoms with Gasteiger partial charge in [0.05, 0.1) is 12.6 Å². The van der Waals surface area contributed by atoms with Crippen LogP contribution < -0.4 is 26.6 Å². The summed E-state index contributed by atoms with van der Waals surface area (Å²) in [6, 6.07) is 19.0. The quantitative estimate of drug-likeness (QED) is 0.0668. The Hall–Kier alpha value is -5.76. The first-order chi connectivity index (χ1) is 26.5. The van der Waals surface area contributed by atoms with Gasteiger partial charge in [-0.05, 0) is 81.5 Å². The monoisotopic (exact) mass is 771 g/mol. The van der Waals surface area contributed by atoms with E-state index in [1.165, 1.54) is 0 Å². The van der Waals surface area contributed by atoms with E-state index in [-0.39, 0.29) is 44.0 Å². The standard InChI is InChI=1S/C42H53N5O9/c1-6-7-9-14-35(48)45-33(24-28-15-19-30(20-16-28)43-39(52)53)37(50)47-34(25-29-17-21-31(22-18-29)44-40(54)56-41(2,3)4)38(51)46-32(36(49)42(5)26-55-42)23-27-12-10-8-11-13-27/h8,10-13,15-22,32-34,43H,6-7,9,14,23-26H2,1-5H3,(H,44,54)(H,45,48)(H,46,51)(H,47,50)(H,52,53)/t32?,33?,34?,42-/m1/s1. The molecule has 5 amide bonds. The zero-order chi connectivity index (χ0) is 40.9. The fourth-order valence-electron chi connectivity index (χ4n) is 5.91. The average Bonchev–Trinajstić information content (AvgIpc) is 3.89. The molecule has 1 aliphatic rings. The maximum atomic E-state index is 14.2. The van der Waals surface area contributed by atoms with Gasteiger partial charge in [0, 0.05) is 30.6 Å². The first kappa shape index (κ1) is 43.0. The van der Waals surface area contributed by atoms with E-state index >= 15 is 0 Å². The molecule has 3 unspecified atom stereocenters. The van der Waals surface area contributed by atoms with Crippen LogP contribution in [0.5, 0.6) is 0 Å². The highest BCUT2D eigenvalue weighted by Gasteiger charge is 2.50. The van der Waals surface area contributed by atoms with Gasteiger partial charge in [0.2, 0.25) is 17.7 Å². The maximum absolute atomic E-state index is 14.2. The number of unbranched alkanes of at least 4 members (excludes halogenated alkanes) is 2. The Balaban J connectivity index is 1.61. The second-order valence-electron chi connectivity index (χ2n) is 15.1. The van der Waals surface area contributed by atoms with E-state index in [2.05, 4.69) is 26.6 Å². The van der Waals surface area contributed by atoms with Gasteiger partial charge < -0.3 is 30.5 Å². The van der Waals surface area contributed by atoms with Crippen molar-refractivity contribution in [2.75, 3.05) is 17.2 Å². The third-order valence-electron chi connectivity index (χ3n) is 8.99. The van der Waals surface area contributed by atoms with Crippen molar-refractivity contribution in [3.63, 3.8) is 0 Å². The lowest BCUT2D eigenvalue weighted by Gasteiger charge is -2.26. The van der Waals surface area contributed by atoms with E-state index in [9.17, 15) is 28.8 Å². The molecule has 3 aromatic carbocycles. The van der Waals surface area contributed by atoms with E-state index in [1.54, 1.807) is 76.2 Å². The number of carbonyl (C=O) groups excluding carboxylic acids is 5. The molecule has 14 heteroatoms. The molecule has 1 fully saturated rings. The number of epoxide rings is 1. The minimum Gasteiger partial charge on any atom is -0.465 e. The molecule has 1 heterocycles. The Morgan fingerprint density at radius 1 is 0.714 bits per heavy atom. The number of nitrogens with one attached hydrogen (secondary N) is 5. The van der Waals surface area contributed by atoms with Crippen LogP contribution in [0.1, 0.15) is 77.0 Å². The molecular formula is C42H53N5O9. The molecule has 56 heavy (non-hydrogen) atoms. The van der Waals surface area contributed by atoms with Crippen LogP contribution in [-0.4, -0.2) is 76.7 Å². The van der Waals surface area contributed by atoms with Crippen LogP contribution in [0.2, 0.25) is 0 Å². The molecule has 14 nitrogen and oxygen atoms in total. The predicted molar refractivity (Wildman–Crippen MR) is 211 cm³/mol. The fraction of sp³-hybridized carbons (Fsp3) is 0.429. The number of ketones is 1. The highest BCUT2D eigenvalue weighted by molar-refractivity contribution is 5.98. The lowest BCUT2D eigenvalue weighted by molar-refractivity contribution is -0.134. The van der Waals surface area contributed by atoms with Gasteiger partial charge in [0.25, 0.3) is 0 Å². The number of rotatable bonds is 19.